The van der Waals surface area contributed by atoms with Gasteiger partial charge < -0.3 is 5.32 Å². The van der Waals surface area contributed by atoms with Crippen molar-refractivity contribution in [2.24, 2.45) is 11.8 Å². The van der Waals surface area contributed by atoms with Crippen LogP contribution in [-0.2, 0) is 0 Å². The molecule has 0 aromatic rings. The highest BCUT2D eigenvalue weighted by atomic mass is 15.0. The number of hydrogen-bond donors (Lipinski definition) is 1. The van der Waals surface area contributed by atoms with E-state index in [4.69, 9.17) is 0 Å². The fourth-order valence-corrected chi connectivity index (χ4v) is 3.66. The monoisotopic (exact) mass is 193 g/mol. The lowest BCUT2D eigenvalue weighted by atomic mass is 10.1. The van der Waals surface area contributed by atoms with E-state index < -0.39 is 0 Å². The van der Waals surface area contributed by atoms with Gasteiger partial charge in [-0.25, -0.2) is 0 Å². The minimum Gasteiger partial charge on any atom is -0.311 e. The van der Waals surface area contributed by atoms with Crippen molar-refractivity contribution >= 4 is 0 Å². The molecule has 0 aromatic heterocycles. The van der Waals surface area contributed by atoms with E-state index in [1.165, 1.54) is 51.4 Å². The van der Waals surface area contributed by atoms with Crippen LogP contribution in [0.25, 0.3) is 0 Å². The Balaban J connectivity index is 1.50. The van der Waals surface area contributed by atoms with Crippen LogP contribution in [-0.4, -0.2) is 12.1 Å². The lowest BCUT2D eigenvalue weighted by Crippen LogP contribution is -2.38. The van der Waals surface area contributed by atoms with Gasteiger partial charge in [0.15, 0.2) is 0 Å². The van der Waals surface area contributed by atoms with Crippen LogP contribution in [0.2, 0.25) is 0 Å². The van der Waals surface area contributed by atoms with Gasteiger partial charge in [-0.15, -0.1) is 0 Å². The van der Waals surface area contributed by atoms with Gasteiger partial charge in [-0.1, -0.05) is 25.7 Å². The Labute approximate surface area is 87.7 Å². The first-order valence-corrected chi connectivity index (χ1v) is 6.69. The van der Waals surface area contributed by atoms with Gasteiger partial charge in [0.1, 0.15) is 0 Å². The second-order valence-electron chi connectivity index (χ2n) is 5.70. The van der Waals surface area contributed by atoms with Crippen LogP contribution in [0.15, 0.2) is 0 Å². The summed E-state index contributed by atoms with van der Waals surface area (Å²) < 4.78 is 0. The van der Waals surface area contributed by atoms with E-state index in [1.54, 1.807) is 6.42 Å². The van der Waals surface area contributed by atoms with Crippen LogP contribution in [0.4, 0.5) is 0 Å². The molecule has 3 saturated carbocycles. The highest BCUT2D eigenvalue weighted by Crippen LogP contribution is 2.51. The van der Waals surface area contributed by atoms with Crippen LogP contribution in [0.5, 0.6) is 0 Å². The molecule has 0 bridgehead atoms. The summed E-state index contributed by atoms with van der Waals surface area (Å²) in [4.78, 5) is 0. The molecule has 80 valence electrons. The molecule has 3 unspecified atom stereocenters. The molecule has 3 aliphatic carbocycles. The molecule has 1 N–H and O–H groups in total. The predicted octanol–water partition coefficient (Wildman–Crippen LogP) is 3.10. The number of fused-ring (bicyclic) bond motifs is 1. The molecule has 0 radical (unpaired) electrons. The lowest BCUT2D eigenvalue weighted by Gasteiger charge is -2.22. The van der Waals surface area contributed by atoms with Crippen molar-refractivity contribution in [3.05, 3.63) is 0 Å². The van der Waals surface area contributed by atoms with Crippen molar-refractivity contribution < 1.29 is 0 Å². The summed E-state index contributed by atoms with van der Waals surface area (Å²) in [5.74, 6) is 2.23. The number of hydrogen-bond acceptors (Lipinski definition) is 1. The summed E-state index contributed by atoms with van der Waals surface area (Å²) in [7, 11) is 0. The zero-order chi connectivity index (χ0) is 9.38. The number of nitrogens with one attached hydrogen (secondary N) is 1. The van der Waals surface area contributed by atoms with Gasteiger partial charge in [0.25, 0.3) is 0 Å². The molecule has 3 rings (SSSR count). The van der Waals surface area contributed by atoms with E-state index in [-0.39, 0.29) is 0 Å². The highest BCUT2D eigenvalue weighted by Gasteiger charge is 2.48. The van der Waals surface area contributed by atoms with Crippen molar-refractivity contribution in [1.82, 2.24) is 5.32 Å². The van der Waals surface area contributed by atoms with Gasteiger partial charge >= 0.3 is 0 Å². The Morgan fingerprint density at radius 2 is 1.57 bits per heavy atom. The molecule has 3 atom stereocenters. The maximum Gasteiger partial charge on any atom is 0.0101 e. The molecule has 14 heavy (non-hydrogen) atoms. The molecule has 0 heterocycles. The third-order valence-electron chi connectivity index (χ3n) is 4.65. The van der Waals surface area contributed by atoms with Crippen LogP contribution in [0.3, 0.4) is 0 Å². The number of rotatable bonds is 2. The van der Waals surface area contributed by atoms with Gasteiger partial charge in [0, 0.05) is 12.1 Å². The van der Waals surface area contributed by atoms with Crippen molar-refractivity contribution in [3.8, 4) is 0 Å². The summed E-state index contributed by atoms with van der Waals surface area (Å²) in [5.41, 5.74) is 0. The van der Waals surface area contributed by atoms with Crippen LogP contribution in [0.1, 0.15) is 57.8 Å². The van der Waals surface area contributed by atoms with Gasteiger partial charge in [-0.3, -0.25) is 0 Å². The van der Waals surface area contributed by atoms with Crippen LogP contribution in [0, 0.1) is 11.8 Å². The Kier molecular flexibility index (Phi) is 2.53. The molecule has 3 aliphatic rings. The SMILES string of the molecule is C1CCCC(NC2CCC3CC32)CC1. The van der Waals surface area contributed by atoms with Crippen LogP contribution >= 0.6 is 0 Å². The maximum absolute atomic E-state index is 3.95. The fourth-order valence-electron chi connectivity index (χ4n) is 3.66. The molecule has 0 aromatic carbocycles. The first kappa shape index (κ1) is 9.21. The molecule has 1 heteroatoms. The Morgan fingerprint density at radius 3 is 2.14 bits per heavy atom. The van der Waals surface area contributed by atoms with Gasteiger partial charge in [0.2, 0.25) is 0 Å². The van der Waals surface area contributed by atoms with E-state index in [1.807, 2.05) is 0 Å². The molecule has 0 aliphatic heterocycles. The van der Waals surface area contributed by atoms with Gasteiger partial charge in [0.05, 0.1) is 0 Å². The molecule has 0 saturated heterocycles. The Bertz CT molecular complexity index is 193. The summed E-state index contributed by atoms with van der Waals surface area (Å²) in [6.45, 7) is 0. The smallest absolute Gasteiger partial charge is 0.0101 e. The standard InChI is InChI=1S/C13H23N/c1-2-4-6-11(5-3-1)14-13-8-7-10-9-12(10)13/h10-14H,1-9H2. The molecule has 0 spiro atoms. The maximum atomic E-state index is 3.95. The largest absolute Gasteiger partial charge is 0.311 e. The topological polar surface area (TPSA) is 12.0 Å². The average molecular weight is 193 g/mol. The van der Waals surface area contributed by atoms with Gasteiger partial charge in [-0.2, -0.15) is 0 Å². The van der Waals surface area contributed by atoms with Crippen LogP contribution < -0.4 is 5.32 Å². The summed E-state index contributed by atoms with van der Waals surface area (Å²) in [6, 6.07) is 1.80. The predicted molar refractivity (Wildman–Crippen MR) is 59.2 cm³/mol. The highest BCUT2D eigenvalue weighted by molar-refractivity contribution is 5.02. The van der Waals surface area contributed by atoms with Crippen molar-refractivity contribution in [2.45, 2.75) is 69.9 Å². The molecular formula is C13H23N. The third kappa shape index (κ3) is 1.84. The zero-order valence-electron chi connectivity index (χ0n) is 9.17. The summed E-state index contributed by atoms with van der Waals surface area (Å²) in [6.07, 6.45) is 13.4. The first-order valence-electron chi connectivity index (χ1n) is 6.69. The first-order chi connectivity index (χ1) is 6.93. The van der Waals surface area contributed by atoms with E-state index in [0.29, 0.717) is 0 Å². The molecule has 1 nitrogen and oxygen atoms in total. The van der Waals surface area contributed by atoms with E-state index in [0.717, 1.165) is 23.9 Å². The summed E-state index contributed by atoms with van der Waals surface area (Å²) in [5, 5.41) is 3.95. The minimum atomic E-state index is 0.877. The third-order valence-corrected chi connectivity index (χ3v) is 4.65. The quantitative estimate of drug-likeness (QED) is 0.664. The van der Waals surface area contributed by atoms with Gasteiger partial charge in [-0.05, 0) is 43.9 Å². The van der Waals surface area contributed by atoms with E-state index in [9.17, 15) is 0 Å². The Morgan fingerprint density at radius 1 is 0.786 bits per heavy atom. The lowest BCUT2D eigenvalue weighted by molar-refractivity contribution is 0.373. The van der Waals surface area contributed by atoms with Crippen molar-refractivity contribution in [2.75, 3.05) is 0 Å². The minimum absolute atomic E-state index is 0.877. The Hall–Kier alpha value is -0.0400. The van der Waals surface area contributed by atoms with Crippen molar-refractivity contribution in [3.63, 3.8) is 0 Å². The average Bonchev–Trinajstić information content (AvgIpc) is 2.91. The van der Waals surface area contributed by atoms with E-state index >= 15 is 0 Å². The molecule has 3 fully saturated rings. The molecular weight excluding hydrogens is 170 g/mol. The van der Waals surface area contributed by atoms with Crippen molar-refractivity contribution in [1.29, 1.82) is 0 Å². The molecule has 0 amide bonds. The van der Waals surface area contributed by atoms with E-state index in [2.05, 4.69) is 5.32 Å². The summed E-state index contributed by atoms with van der Waals surface area (Å²) >= 11 is 0. The fraction of sp³-hybridized carbons (Fsp3) is 1.00. The second kappa shape index (κ2) is 3.84. The normalized spacial score (nSPS) is 43.3. The second-order valence-corrected chi connectivity index (χ2v) is 5.70. The zero-order valence-corrected chi connectivity index (χ0v) is 9.17.